The number of nitrogens with two attached hydrogens (primary N) is 1. The van der Waals surface area contributed by atoms with Crippen molar-refractivity contribution in [3.8, 4) is 5.75 Å². The number of aliphatic hydroxyl groups is 1. The molecule has 0 fully saturated rings. The molecule has 0 aliphatic carbocycles. The van der Waals surface area contributed by atoms with Crippen molar-refractivity contribution in [2.24, 2.45) is 5.73 Å². The number of hydrogen-bond acceptors (Lipinski definition) is 5. The third-order valence-electron chi connectivity index (χ3n) is 4.94. The first-order valence-electron chi connectivity index (χ1n) is 7.91. The van der Waals surface area contributed by atoms with Crippen LogP contribution in [0, 0.1) is 0 Å². The van der Waals surface area contributed by atoms with Gasteiger partial charge >= 0.3 is 0 Å². The van der Waals surface area contributed by atoms with E-state index in [0.717, 1.165) is 22.1 Å². The highest BCUT2D eigenvalue weighted by Crippen LogP contribution is 2.46. The van der Waals surface area contributed by atoms with Gasteiger partial charge < -0.3 is 20.5 Å². The van der Waals surface area contributed by atoms with Gasteiger partial charge in [0.15, 0.2) is 6.10 Å². The van der Waals surface area contributed by atoms with Crippen molar-refractivity contribution in [2.45, 2.75) is 32.0 Å². The molecule has 1 aromatic carbocycles. The third-order valence-corrected chi connectivity index (χ3v) is 5.22. The van der Waals surface area contributed by atoms with Gasteiger partial charge in [0.05, 0.1) is 16.6 Å². The van der Waals surface area contributed by atoms with E-state index in [1.807, 2.05) is 6.92 Å². The highest BCUT2D eigenvalue weighted by Gasteiger charge is 2.37. The van der Waals surface area contributed by atoms with Crippen LogP contribution in [0.4, 0.5) is 0 Å². The highest BCUT2D eigenvalue weighted by atomic mass is 35.5. The standard InChI is InChI=1S/C17H16ClN3O4/c1-7-14-8(5-21(7)13(23)6-22)4-20-11-3-10(18)16-9(15(11)14)2-12(25-16)17(19)24/h3-4,7,12,22H,2,5-6H2,1H3,(H2,19,24)/t7-,12-/m0/s1. The molecule has 0 bridgehead atoms. The second kappa shape index (κ2) is 5.57. The zero-order valence-corrected chi connectivity index (χ0v) is 14.2. The summed E-state index contributed by atoms with van der Waals surface area (Å²) in [5, 5.41) is 10.4. The molecule has 7 nitrogen and oxygen atoms in total. The molecule has 8 heteroatoms. The Balaban J connectivity index is 1.93. The third kappa shape index (κ3) is 2.26. The zero-order valence-electron chi connectivity index (χ0n) is 13.5. The van der Waals surface area contributed by atoms with Gasteiger partial charge in [-0.1, -0.05) is 11.6 Å². The second-order valence-electron chi connectivity index (χ2n) is 6.33. The number of aromatic nitrogens is 1. The topological polar surface area (TPSA) is 106 Å². The number of aliphatic hydroxyl groups excluding tert-OH is 1. The number of rotatable bonds is 2. The number of amides is 2. The minimum Gasteiger partial charge on any atom is -0.478 e. The molecule has 0 saturated carbocycles. The predicted molar refractivity (Wildman–Crippen MR) is 90.1 cm³/mol. The molecule has 0 saturated heterocycles. The van der Waals surface area contributed by atoms with Crippen LogP contribution in [0.2, 0.25) is 5.02 Å². The predicted octanol–water partition coefficient (Wildman–Crippen LogP) is 1.07. The summed E-state index contributed by atoms with van der Waals surface area (Å²) in [6, 6.07) is 1.47. The first-order chi connectivity index (χ1) is 11.9. The fourth-order valence-electron chi connectivity index (χ4n) is 3.77. The van der Waals surface area contributed by atoms with Crippen LogP contribution < -0.4 is 10.5 Å². The minimum absolute atomic E-state index is 0.224. The number of halogens is 1. The summed E-state index contributed by atoms with van der Waals surface area (Å²) in [6.45, 7) is 1.75. The van der Waals surface area contributed by atoms with E-state index >= 15 is 0 Å². The van der Waals surface area contributed by atoms with Crippen LogP contribution in [0.5, 0.6) is 5.75 Å². The van der Waals surface area contributed by atoms with Crippen LogP contribution in [-0.2, 0) is 22.6 Å². The molecule has 2 aromatic rings. The lowest BCUT2D eigenvalue weighted by Crippen LogP contribution is -2.32. The van der Waals surface area contributed by atoms with E-state index in [2.05, 4.69) is 4.98 Å². The Labute approximate surface area is 148 Å². The number of primary amides is 1. The summed E-state index contributed by atoms with van der Waals surface area (Å²) in [6.07, 6.45) is 1.28. The van der Waals surface area contributed by atoms with E-state index in [1.165, 1.54) is 0 Å². The lowest BCUT2D eigenvalue weighted by Gasteiger charge is -2.21. The molecule has 25 heavy (non-hydrogen) atoms. The van der Waals surface area contributed by atoms with Crippen LogP contribution in [0.15, 0.2) is 12.3 Å². The summed E-state index contributed by atoms with van der Waals surface area (Å²) in [5.74, 6) is -0.438. The average molecular weight is 362 g/mol. The van der Waals surface area contributed by atoms with E-state index < -0.39 is 18.6 Å². The van der Waals surface area contributed by atoms with Gasteiger partial charge in [0, 0.05) is 30.1 Å². The molecule has 2 aliphatic rings. The Hall–Kier alpha value is -2.38. The minimum atomic E-state index is -0.763. The summed E-state index contributed by atoms with van der Waals surface area (Å²) >= 11 is 6.29. The fourth-order valence-corrected chi connectivity index (χ4v) is 4.04. The van der Waals surface area contributed by atoms with E-state index in [0.29, 0.717) is 29.3 Å². The van der Waals surface area contributed by atoms with Gasteiger partial charge in [0.2, 0.25) is 5.91 Å². The first kappa shape index (κ1) is 16.1. The van der Waals surface area contributed by atoms with Crippen LogP contribution >= 0.6 is 11.6 Å². The van der Waals surface area contributed by atoms with Gasteiger partial charge in [-0.05, 0) is 24.1 Å². The molecule has 2 atom stereocenters. The molecule has 0 radical (unpaired) electrons. The Kier molecular flexibility index (Phi) is 3.59. The second-order valence-corrected chi connectivity index (χ2v) is 6.73. The van der Waals surface area contributed by atoms with E-state index in [4.69, 9.17) is 22.1 Å². The number of ether oxygens (including phenoxy) is 1. The van der Waals surface area contributed by atoms with E-state index in [1.54, 1.807) is 17.2 Å². The van der Waals surface area contributed by atoms with Crippen molar-refractivity contribution in [1.29, 1.82) is 0 Å². The molecule has 3 N–H and O–H groups in total. The summed E-state index contributed by atoms with van der Waals surface area (Å²) in [4.78, 5) is 29.6. The van der Waals surface area contributed by atoms with Crippen LogP contribution in [0.1, 0.15) is 29.7 Å². The van der Waals surface area contributed by atoms with Gasteiger partial charge in [-0.3, -0.25) is 14.6 Å². The summed E-state index contributed by atoms with van der Waals surface area (Å²) in [5.41, 5.74) is 8.73. The molecule has 3 heterocycles. The zero-order chi connectivity index (χ0) is 17.9. The molecule has 0 unspecified atom stereocenters. The van der Waals surface area contributed by atoms with Crippen molar-refractivity contribution in [1.82, 2.24) is 9.88 Å². The number of benzene rings is 1. The molecule has 0 spiro atoms. The van der Waals surface area contributed by atoms with Crippen LogP contribution in [0.25, 0.3) is 10.9 Å². The van der Waals surface area contributed by atoms with Gasteiger partial charge in [0.25, 0.3) is 5.91 Å². The Bertz CT molecular complexity index is 930. The van der Waals surface area contributed by atoms with Gasteiger partial charge in [-0.25, -0.2) is 0 Å². The van der Waals surface area contributed by atoms with Crippen molar-refractivity contribution in [2.75, 3.05) is 6.61 Å². The quantitative estimate of drug-likeness (QED) is 0.832. The Morgan fingerprint density at radius 3 is 2.96 bits per heavy atom. The fraction of sp³-hybridized carbons (Fsp3) is 0.353. The SMILES string of the molecule is C[C@H]1c2c(cnc3cc(Cl)c4c(c23)C[C@@H](C(N)=O)O4)CN1C(=O)CO. The first-order valence-corrected chi connectivity index (χ1v) is 8.29. The molecular weight excluding hydrogens is 346 g/mol. The number of hydrogen-bond donors (Lipinski definition) is 2. The maximum absolute atomic E-state index is 12.0. The maximum Gasteiger partial charge on any atom is 0.258 e. The lowest BCUT2D eigenvalue weighted by atomic mass is 9.95. The van der Waals surface area contributed by atoms with Gasteiger partial charge in [-0.15, -0.1) is 0 Å². The van der Waals surface area contributed by atoms with Gasteiger partial charge in [0.1, 0.15) is 12.4 Å². The van der Waals surface area contributed by atoms with Gasteiger partial charge in [-0.2, -0.15) is 0 Å². The normalized spacial score (nSPS) is 21.2. The number of nitrogens with zero attached hydrogens (tertiary/aromatic N) is 2. The number of carbonyl (C=O) groups is 2. The molecule has 2 aliphatic heterocycles. The number of pyridine rings is 1. The van der Waals surface area contributed by atoms with Crippen LogP contribution in [-0.4, -0.2) is 39.5 Å². The molecule has 1 aromatic heterocycles. The van der Waals surface area contributed by atoms with E-state index in [9.17, 15) is 14.7 Å². The van der Waals surface area contributed by atoms with Crippen molar-refractivity contribution >= 4 is 34.3 Å². The van der Waals surface area contributed by atoms with Crippen molar-refractivity contribution < 1.29 is 19.4 Å². The molecule has 130 valence electrons. The number of fused-ring (bicyclic) bond motifs is 5. The van der Waals surface area contributed by atoms with Crippen molar-refractivity contribution in [3.05, 3.63) is 34.0 Å². The summed E-state index contributed by atoms with van der Waals surface area (Å²) < 4.78 is 5.64. The smallest absolute Gasteiger partial charge is 0.258 e. The summed E-state index contributed by atoms with van der Waals surface area (Å²) in [7, 11) is 0. The molecule has 2 amide bonds. The van der Waals surface area contributed by atoms with Crippen molar-refractivity contribution in [3.63, 3.8) is 0 Å². The molecule has 4 rings (SSSR count). The lowest BCUT2D eigenvalue weighted by molar-refractivity contribution is -0.136. The van der Waals surface area contributed by atoms with Crippen LogP contribution in [0.3, 0.4) is 0 Å². The Morgan fingerprint density at radius 2 is 2.28 bits per heavy atom. The largest absolute Gasteiger partial charge is 0.478 e. The molecular formula is C17H16ClN3O4. The maximum atomic E-state index is 12.0. The van der Waals surface area contributed by atoms with E-state index in [-0.39, 0.29) is 11.9 Å². The number of carbonyl (C=O) groups excluding carboxylic acids is 2. The highest BCUT2D eigenvalue weighted by molar-refractivity contribution is 6.33. The monoisotopic (exact) mass is 361 g/mol. The Morgan fingerprint density at radius 1 is 1.52 bits per heavy atom. The average Bonchev–Trinajstić information content (AvgIpc) is 3.17.